The molecule has 0 aromatic carbocycles. The summed E-state index contributed by atoms with van der Waals surface area (Å²) in [6.45, 7) is 5.89. The van der Waals surface area contributed by atoms with Crippen LogP contribution in [-0.2, 0) is 6.42 Å². The monoisotopic (exact) mass is 284 g/mol. The van der Waals surface area contributed by atoms with E-state index >= 15 is 0 Å². The third-order valence-electron chi connectivity index (χ3n) is 3.68. The Bertz CT molecular complexity index is 674. The van der Waals surface area contributed by atoms with Crippen molar-refractivity contribution in [2.24, 2.45) is 0 Å². The molecular weight excluding hydrogens is 264 g/mol. The first-order chi connectivity index (χ1) is 10.1. The minimum atomic E-state index is 0.123. The SMILES string of the molecule is Cc1ccc(CCC(c2ccc(C)o2)c2ccc(C)o2)o1. The summed E-state index contributed by atoms with van der Waals surface area (Å²) in [6.07, 6.45) is 1.75. The Balaban J connectivity index is 1.82. The van der Waals surface area contributed by atoms with E-state index in [0.717, 1.165) is 47.4 Å². The van der Waals surface area contributed by atoms with Gasteiger partial charge in [-0.05, 0) is 63.6 Å². The van der Waals surface area contributed by atoms with Crippen LogP contribution in [0.25, 0.3) is 0 Å². The second-order valence-electron chi connectivity index (χ2n) is 5.50. The summed E-state index contributed by atoms with van der Waals surface area (Å²) in [5, 5.41) is 0. The fourth-order valence-electron chi connectivity index (χ4n) is 2.61. The van der Waals surface area contributed by atoms with Gasteiger partial charge >= 0.3 is 0 Å². The lowest BCUT2D eigenvalue weighted by molar-refractivity contribution is 0.389. The van der Waals surface area contributed by atoms with Crippen LogP contribution in [0.1, 0.15) is 46.9 Å². The number of aryl methyl sites for hydroxylation is 4. The lowest BCUT2D eigenvalue weighted by atomic mass is 9.97. The van der Waals surface area contributed by atoms with Crippen LogP contribution < -0.4 is 0 Å². The van der Waals surface area contributed by atoms with Gasteiger partial charge in [0.15, 0.2) is 0 Å². The summed E-state index contributed by atoms with van der Waals surface area (Å²) in [5.41, 5.74) is 0. The van der Waals surface area contributed by atoms with Crippen LogP contribution in [0.5, 0.6) is 0 Å². The van der Waals surface area contributed by atoms with Crippen LogP contribution in [0, 0.1) is 20.8 Å². The average Bonchev–Trinajstić information content (AvgIpc) is 3.14. The molecule has 3 nitrogen and oxygen atoms in total. The van der Waals surface area contributed by atoms with E-state index < -0.39 is 0 Å². The minimum absolute atomic E-state index is 0.123. The zero-order valence-corrected chi connectivity index (χ0v) is 12.7. The molecule has 0 bridgehead atoms. The normalized spacial score (nSPS) is 11.4. The molecule has 0 atom stereocenters. The highest BCUT2D eigenvalue weighted by Gasteiger charge is 2.21. The summed E-state index contributed by atoms with van der Waals surface area (Å²) < 4.78 is 17.3. The van der Waals surface area contributed by atoms with E-state index in [9.17, 15) is 0 Å². The van der Waals surface area contributed by atoms with E-state index in [1.807, 2.05) is 57.2 Å². The van der Waals surface area contributed by atoms with Crippen LogP contribution in [0.2, 0.25) is 0 Å². The smallest absolute Gasteiger partial charge is 0.114 e. The van der Waals surface area contributed by atoms with Crippen LogP contribution >= 0.6 is 0 Å². The zero-order valence-electron chi connectivity index (χ0n) is 12.7. The fraction of sp³-hybridized carbons (Fsp3) is 0.333. The van der Waals surface area contributed by atoms with Crippen molar-refractivity contribution in [3.63, 3.8) is 0 Å². The van der Waals surface area contributed by atoms with Gasteiger partial charge in [0.25, 0.3) is 0 Å². The Labute approximate surface area is 124 Å². The first-order valence-corrected chi connectivity index (χ1v) is 7.30. The molecule has 0 fully saturated rings. The quantitative estimate of drug-likeness (QED) is 0.650. The molecule has 0 saturated heterocycles. The van der Waals surface area contributed by atoms with Gasteiger partial charge in [-0.25, -0.2) is 0 Å². The molecule has 0 aliphatic carbocycles. The van der Waals surface area contributed by atoms with Gasteiger partial charge in [0.2, 0.25) is 0 Å². The van der Waals surface area contributed by atoms with Gasteiger partial charge in [0.05, 0.1) is 5.92 Å². The lowest BCUT2D eigenvalue weighted by Gasteiger charge is -2.11. The Morgan fingerprint density at radius 2 is 1.24 bits per heavy atom. The zero-order chi connectivity index (χ0) is 14.8. The molecule has 0 aliphatic heterocycles. The molecule has 21 heavy (non-hydrogen) atoms. The van der Waals surface area contributed by atoms with Gasteiger partial charge in [-0.2, -0.15) is 0 Å². The molecule has 0 saturated carbocycles. The molecule has 0 amide bonds. The molecule has 0 aliphatic rings. The maximum absolute atomic E-state index is 5.81. The molecule has 3 aromatic heterocycles. The highest BCUT2D eigenvalue weighted by molar-refractivity contribution is 5.22. The maximum Gasteiger partial charge on any atom is 0.114 e. The van der Waals surface area contributed by atoms with Crippen molar-refractivity contribution in [2.45, 2.75) is 39.5 Å². The molecule has 3 heterocycles. The van der Waals surface area contributed by atoms with Gasteiger partial charge in [0, 0.05) is 6.42 Å². The van der Waals surface area contributed by atoms with Crippen molar-refractivity contribution < 1.29 is 13.3 Å². The molecule has 3 aromatic rings. The molecular formula is C18H20O3. The third-order valence-corrected chi connectivity index (χ3v) is 3.68. The van der Waals surface area contributed by atoms with Crippen LogP contribution in [-0.4, -0.2) is 0 Å². The fourth-order valence-corrected chi connectivity index (χ4v) is 2.61. The van der Waals surface area contributed by atoms with Gasteiger partial charge in [-0.3, -0.25) is 0 Å². The molecule has 0 unspecified atom stereocenters. The molecule has 3 heteroatoms. The van der Waals surface area contributed by atoms with Crippen molar-refractivity contribution >= 4 is 0 Å². The predicted octanol–water partition coefficient (Wildman–Crippen LogP) is 5.16. The van der Waals surface area contributed by atoms with Gasteiger partial charge < -0.3 is 13.3 Å². The molecule has 0 radical (unpaired) electrons. The van der Waals surface area contributed by atoms with E-state index in [2.05, 4.69) is 0 Å². The van der Waals surface area contributed by atoms with Gasteiger partial charge in [0.1, 0.15) is 34.6 Å². The Hall–Kier alpha value is -2.16. The second-order valence-corrected chi connectivity index (χ2v) is 5.50. The third kappa shape index (κ3) is 3.13. The predicted molar refractivity (Wildman–Crippen MR) is 80.5 cm³/mol. The number of rotatable bonds is 5. The van der Waals surface area contributed by atoms with E-state index in [-0.39, 0.29) is 5.92 Å². The van der Waals surface area contributed by atoms with E-state index in [0.29, 0.717) is 0 Å². The summed E-state index contributed by atoms with van der Waals surface area (Å²) in [6, 6.07) is 12.1. The van der Waals surface area contributed by atoms with Crippen molar-refractivity contribution in [1.29, 1.82) is 0 Å². The standard InChI is InChI=1S/C18H20O3/c1-12-4-7-15(19-12)8-9-16(17-10-5-13(2)20-17)18-11-6-14(3)21-18/h4-7,10-11,16H,8-9H2,1-3H3. The Kier molecular flexibility index (Phi) is 3.74. The Morgan fingerprint density at radius 1 is 0.714 bits per heavy atom. The van der Waals surface area contributed by atoms with Crippen molar-refractivity contribution in [3.05, 3.63) is 71.0 Å². The largest absolute Gasteiger partial charge is 0.466 e. The van der Waals surface area contributed by atoms with E-state index in [1.54, 1.807) is 0 Å². The van der Waals surface area contributed by atoms with Crippen molar-refractivity contribution in [1.82, 2.24) is 0 Å². The molecule has 0 N–H and O–H groups in total. The highest BCUT2D eigenvalue weighted by atomic mass is 16.4. The summed E-state index contributed by atoms with van der Waals surface area (Å²) in [7, 11) is 0. The van der Waals surface area contributed by atoms with Crippen LogP contribution in [0.4, 0.5) is 0 Å². The summed E-state index contributed by atoms with van der Waals surface area (Å²) >= 11 is 0. The maximum atomic E-state index is 5.81. The van der Waals surface area contributed by atoms with Crippen molar-refractivity contribution in [3.8, 4) is 0 Å². The van der Waals surface area contributed by atoms with E-state index in [1.165, 1.54) is 0 Å². The Morgan fingerprint density at radius 3 is 1.67 bits per heavy atom. The highest BCUT2D eigenvalue weighted by Crippen LogP contribution is 2.32. The van der Waals surface area contributed by atoms with Gasteiger partial charge in [-0.1, -0.05) is 0 Å². The number of hydrogen-bond acceptors (Lipinski definition) is 3. The number of hydrogen-bond donors (Lipinski definition) is 0. The topological polar surface area (TPSA) is 39.4 Å². The lowest BCUT2D eigenvalue weighted by Crippen LogP contribution is -2.00. The average molecular weight is 284 g/mol. The molecule has 3 rings (SSSR count). The summed E-state index contributed by atoms with van der Waals surface area (Å²) in [4.78, 5) is 0. The van der Waals surface area contributed by atoms with E-state index in [4.69, 9.17) is 13.3 Å². The van der Waals surface area contributed by atoms with Crippen LogP contribution in [0.3, 0.4) is 0 Å². The second kappa shape index (κ2) is 5.68. The first-order valence-electron chi connectivity index (χ1n) is 7.30. The molecule has 110 valence electrons. The molecule has 0 spiro atoms. The van der Waals surface area contributed by atoms with Crippen LogP contribution in [0.15, 0.2) is 49.6 Å². The first kappa shape index (κ1) is 13.8. The van der Waals surface area contributed by atoms with Crippen molar-refractivity contribution in [2.75, 3.05) is 0 Å². The number of furan rings is 3. The van der Waals surface area contributed by atoms with Gasteiger partial charge in [-0.15, -0.1) is 0 Å². The summed E-state index contributed by atoms with van der Waals surface area (Å²) in [5.74, 6) is 5.82. The minimum Gasteiger partial charge on any atom is -0.466 e.